The lowest BCUT2D eigenvalue weighted by Crippen LogP contribution is -2.39. The Labute approximate surface area is 153 Å². The molecule has 0 aromatic heterocycles. The number of halogens is 1. The minimum atomic E-state index is -1.82. The number of carboxylic acids is 2. The van der Waals surface area contributed by atoms with Crippen LogP contribution in [-0.4, -0.2) is 53.3 Å². The van der Waals surface area contributed by atoms with E-state index in [0.29, 0.717) is 0 Å². The fourth-order valence-corrected chi connectivity index (χ4v) is 3.11. The number of hydrogen-bond acceptors (Lipinski definition) is 4. The summed E-state index contributed by atoms with van der Waals surface area (Å²) < 4.78 is 5.72. The van der Waals surface area contributed by atoms with Crippen LogP contribution in [0.15, 0.2) is 24.3 Å². The Bertz CT molecular complexity index is 527. The van der Waals surface area contributed by atoms with Gasteiger partial charge in [-0.05, 0) is 48.9 Å². The highest BCUT2D eigenvalue weighted by molar-refractivity contribution is 6.30. The smallest absolute Gasteiger partial charge is 0.414 e. The number of carbonyl (C=O) groups is 2. The molecule has 2 rings (SSSR count). The number of likely N-dealkylation sites (tertiary alicyclic amines) is 1. The Morgan fingerprint density at radius 1 is 1.12 bits per heavy atom. The van der Waals surface area contributed by atoms with E-state index in [0.717, 1.165) is 42.2 Å². The zero-order valence-corrected chi connectivity index (χ0v) is 15.4. The van der Waals surface area contributed by atoms with Gasteiger partial charge >= 0.3 is 11.9 Å². The molecule has 0 spiro atoms. The van der Waals surface area contributed by atoms with E-state index < -0.39 is 11.9 Å². The molecule has 1 saturated heterocycles. The lowest BCUT2D eigenvalue weighted by molar-refractivity contribution is -0.159. The van der Waals surface area contributed by atoms with Crippen molar-refractivity contribution in [2.45, 2.75) is 26.7 Å². The Kier molecular flexibility index (Phi) is 9.31. The highest BCUT2D eigenvalue weighted by Gasteiger charge is 2.20. The molecule has 1 fully saturated rings. The monoisotopic (exact) mass is 371 g/mol. The van der Waals surface area contributed by atoms with Crippen LogP contribution >= 0.6 is 11.6 Å². The zero-order valence-electron chi connectivity index (χ0n) is 14.7. The second-order valence-corrected chi connectivity index (χ2v) is 6.91. The number of nitrogens with zero attached hydrogens (tertiary/aromatic N) is 1. The first-order chi connectivity index (χ1) is 11.8. The molecular weight excluding hydrogens is 346 g/mol. The Balaban J connectivity index is 0.000000450. The second-order valence-electron chi connectivity index (χ2n) is 6.47. The van der Waals surface area contributed by atoms with Gasteiger partial charge in [-0.15, -0.1) is 0 Å². The molecule has 7 heteroatoms. The third-order valence-corrected chi connectivity index (χ3v) is 4.08. The maximum Gasteiger partial charge on any atom is 0.414 e. The predicted octanol–water partition coefficient (Wildman–Crippen LogP) is 3.24. The Morgan fingerprint density at radius 3 is 2.12 bits per heavy atom. The molecular formula is C18H26ClNO5. The normalized spacial score (nSPS) is 20.3. The number of carboxylic acid groups (broad SMARTS) is 2. The van der Waals surface area contributed by atoms with Crippen LogP contribution in [0.1, 0.15) is 26.7 Å². The summed E-state index contributed by atoms with van der Waals surface area (Å²) in [5, 5.41) is 15.5. The standard InChI is InChI=1S/C16H24ClNO.C2H2O4/c1-13-10-14(2)12-18(11-13)8-3-9-19-16-6-4-15(17)5-7-16;3-1(4)2(5)6/h4-7,13-14H,3,8-12H2,1-2H3;(H,3,4)(H,5,6). The summed E-state index contributed by atoms with van der Waals surface area (Å²) in [4.78, 5) is 20.8. The van der Waals surface area contributed by atoms with Crippen molar-refractivity contribution >= 4 is 23.5 Å². The van der Waals surface area contributed by atoms with Crippen LogP contribution in [0, 0.1) is 11.8 Å². The van der Waals surface area contributed by atoms with Crippen LogP contribution in [0.3, 0.4) is 0 Å². The molecule has 1 heterocycles. The van der Waals surface area contributed by atoms with Crippen molar-refractivity contribution in [2.75, 3.05) is 26.2 Å². The van der Waals surface area contributed by atoms with Gasteiger partial charge in [0.1, 0.15) is 5.75 Å². The molecule has 25 heavy (non-hydrogen) atoms. The van der Waals surface area contributed by atoms with E-state index in [-0.39, 0.29) is 0 Å². The van der Waals surface area contributed by atoms with Gasteiger partial charge < -0.3 is 19.8 Å². The van der Waals surface area contributed by atoms with Crippen LogP contribution in [0.25, 0.3) is 0 Å². The first-order valence-electron chi connectivity index (χ1n) is 8.34. The van der Waals surface area contributed by atoms with E-state index in [1.807, 2.05) is 24.3 Å². The van der Waals surface area contributed by atoms with Gasteiger partial charge in [0.05, 0.1) is 6.61 Å². The molecule has 2 atom stereocenters. The van der Waals surface area contributed by atoms with Crippen LogP contribution in [0.5, 0.6) is 5.75 Å². The number of hydrogen-bond donors (Lipinski definition) is 2. The van der Waals surface area contributed by atoms with Gasteiger partial charge in [0, 0.05) is 24.7 Å². The lowest BCUT2D eigenvalue weighted by Gasteiger charge is -2.34. The second kappa shape index (κ2) is 10.9. The molecule has 140 valence electrons. The van der Waals surface area contributed by atoms with Gasteiger partial charge in [0.2, 0.25) is 0 Å². The topological polar surface area (TPSA) is 87.1 Å². The quantitative estimate of drug-likeness (QED) is 0.610. The lowest BCUT2D eigenvalue weighted by atomic mass is 9.92. The number of ether oxygens (including phenoxy) is 1. The van der Waals surface area contributed by atoms with Gasteiger partial charge in [-0.1, -0.05) is 25.4 Å². The van der Waals surface area contributed by atoms with Gasteiger partial charge in [0.15, 0.2) is 0 Å². The minimum absolute atomic E-state index is 0.753. The Morgan fingerprint density at radius 2 is 1.64 bits per heavy atom. The summed E-state index contributed by atoms with van der Waals surface area (Å²) in [6.45, 7) is 9.11. The zero-order chi connectivity index (χ0) is 18.8. The van der Waals surface area contributed by atoms with E-state index in [1.54, 1.807) is 0 Å². The van der Waals surface area contributed by atoms with Gasteiger partial charge in [-0.2, -0.15) is 0 Å². The SMILES string of the molecule is CC1CC(C)CN(CCCOc2ccc(Cl)cc2)C1.O=C(O)C(=O)O. The maximum atomic E-state index is 9.10. The third-order valence-electron chi connectivity index (χ3n) is 3.83. The highest BCUT2D eigenvalue weighted by Crippen LogP contribution is 2.21. The summed E-state index contributed by atoms with van der Waals surface area (Å²) in [6.07, 6.45) is 2.46. The van der Waals surface area contributed by atoms with Crippen LogP contribution in [-0.2, 0) is 9.59 Å². The molecule has 0 amide bonds. The molecule has 2 N–H and O–H groups in total. The summed E-state index contributed by atoms with van der Waals surface area (Å²) >= 11 is 5.84. The largest absolute Gasteiger partial charge is 0.494 e. The fraction of sp³-hybridized carbons (Fsp3) is 0.556. The first kappa shape index (κ1) is 21.3. The van der Waals surface area contributed by atoms with Crippen molar-refractivity contribution in [3.63, 3.8) is 0 Å². The predicted molar refractivity (Wildman–Crippen MR) is 96.2 cm³/mol. The van der Waals surface area contributed by atoms with Crippen molar-refractivity contribution in [1.82, 2.24) is 4.90 Å². The van der Waals surface area contributed by atoms with Crippen molar-refractivity contribution < 1.29 is 24.5 Å². The van der Waals surface area contributed by atoms with Crippen LogP contribution < -0.4 is 4.74 Å². The van der Waals surface area contributed by atoms with E-state index in [2.05, 4.69) is 18.7 Å². The first-order valence-corrected chi connectivity index (χ1v) is 8.72. The Hall–Kier alpha value is -1.79. The van der Waals surface area contributed by atoms with Gasteiger partial charge in [0.25, 0.3) is 0 Å². The summed E-state index contributed by atoms with van der Waals surface area (Å²) in [5.74, 6) is -1.07. The summed E-state index contributed by atoms with van der Waals surface area (Å²) in [7, 11) is 0. The molecule has 1 aromatic rings. The molecule has 2 unspecified atom stereocenters. The van der Waals surface area contributed by atoms with Crippen molar-refractivity contribution in [3.8, 4) is 5.75 Å². The van der Waals surface area contributed by atoms with E-state index in [4.69, 9.17) is 36.1 Å². The van der Waals surface area contributed by atoms with Crippen molar-refractivity contribution in [3.05, 3.63) is 29.3 Å². The number of rotatable bonds is 5. The molecule has 0 bridgehead atoms. The highest BCUT2D eigenvalue weighted by atomic mass is 35.5. The van der Waals surface area contributed by atoms with Gasteiger partial charge in [-0.25, -0.2) is 9.59 Å². The summed E-state index contributed by atoms with van der Waals surface area (Å²) in [6, 6.07) is 7.58. The molecule has 0 aliphatic carbocycles. The van der Waals surface area contributed by atoms with E-state index >= 15 is 0 Å². The minimum Gasteiger partial charge on any atom is -0.494 e. The van der Waals surface area contributed by atoms with Gasteiger partial charge in [-0.3, -0.25) is 0 Å². The average Bonchev–Trinajstić information content (AvgIpc) is 2.53. The van der Waals surface area contributed by atoms with E-state index in [9.17, 15) is 0 Å². The van der Waals surface area contributed by atoms with Crippen LogP contribution in [0.2, 0.25) is 5.02 Å². The number of aliphatic carboxylic acids is 2. The number of benzene rings is 1. The molecule has 1 aliphatic heterocycles. The number of piperidine rings is 1. The van der Waals surface area contributed by atoms with Crippen molar-refractivity contribution in [1.29, 1.82) is 0 Å². The molecule has 1 aliphatic rings. The summed E-state index contributed by atoms with van der Waals surface area (Å²) in [5.41, 5.74) is 0. The van der Waals surface area contributed by atoms with E-state index in [1.165, 1.54) is 19.5 Å². The molecule has 1 aromatic carbocycles. The molecule has 6 nitrogen and oxygen atoms in total. The third kappa shape index (κ3) is 9.31. The molecule has 0 saturated carbocycles. The van der Waals surface area contributed by atoms with Crippen molar-refractivity contribution in [2.24, 2.45) is 11.8 Å². The average molecular weight is 372 g/mol. The molecule has 0 radical (unpaired) electrons. The maximum absolute atomic E-state index is 9.10. The van der Waals surface area contributed by atoms with Crippen LogP contribution in [0.4, 0.5) is 0 Å². The fourth-order valence-electron chi connectivity index (χ4n) is 2.98.